The topological polar surface area (TPSA) is 78.5 Å². The summed E-state index contributed by atoms with van der Waals surface area (Å²) < 4.78 is 0.237. The lowest BCUT2D eigenvalue weighted by Crippen LogP contribution is -2.55. The van der Waals surface area contributed by atoms with Gasteiger partial charge >= 0.3 is 0 Å². The lowest BCUT2D eigenvalue weighted by atomic mass is 10.1. The van der Waals surface area contributed by atoms with Crippen LogP contribution in [0.5, 0.6) is 0 Å². The standard InChI is InChI=1S/C20H35N3O2/c1-2-3-4-5-6-7-8-9-10-11-12-13-19-22-15-17-23(19,16-14-21)18-20(24)25/h5-6,15,17H,2-4,7-14,16,18,21H2,1H3/b6-5+. The largest absolute Gasteiger partial charge is 0.544 e. The molecule has 142 valence electrons. The highest BCUT2D eigenvalue weighted by atomic mass is 16.4. The SMILES string of the molecule is CCCC/C=C/CCCCCCCC1=NC=C[N+]1(CCN)CC(=O)[O-]. The highest BCUT2D eigenvalue weighted by molar-refractivity contribution is 5.80. The highest BCUT2D eigenvalue weighted by Gasteiger charge is 2.34. The Kier molecular flexibility index (Phi) is 11.1. The van der Waals surface area contributed by atoms with E-state index in [1.54, 1.807) is 6.20 Å². The van der Waals surface area contributed by atoms with Crippen molar-refractivity contribution in [3.8, 4) is 0 Å². The molecule has 0 bridgehead atoms. The Morgan fingerprint density at radius 2 is 1.84 bits per heavy atom. The molecule has 0 radical (unpaired) electrons. The molecule has 0 fully saturated rings. The first-order valence-corrected chi connectivity index (χ1v) is 9.81. The van der Waals surface area contributed by atoms with E-state index in [0.717, 1.165) is 25.1 Å². The number of quaternary nitrogens is 1. The maximum Gasteiger partial charge on any atom is 0.207 e. The molecule has 0 aromatic rings. The quantitative estimate of drug-likeness (QED) is 0.280. The van der Waals surface area contributed by atoms with E-state index in [9.17, 15) is 9.90 Å². The summed E-state index contributed by atoms with van der Waals surface area (Å²) in [5.41, 5.74) is 5.67. The van der Waals surface area contributed by atoms with Crippen molar-refractivity contribution in [3.05, 3.63) is 24.6 Å². The van der Waals surface area contributed by atoms with Crippen LogP contribution in [0.15, 0.2) is 29.5 Å². The van der Waals surface area contributed by atoms with Crippen molar-refractivity contribution in [2.24, 2.45) is 10.7 Å². The molecule has 0 amide bonds. The van der Waals surface area contributed by atoms with Crippen molar-refractivity contribution in [1.29, 1.82) is 0 Å². The van der Waals surface area contributed by atoms with Gasteiger partial charge in [-0.05, 0) is 25.7 Å². The van der Waals surface area contributed by atoms with Gasteiger partial charge in [0.1, 0.15) is 19.3 Å². The molecule has 5 nitrogen and oxygen atoms in total. The van der Waals surface area contributed by atoms with Crippen molar-refractivity contribution in [2.45, 2.75) is 71.1 Å². The van der Waals surface area contributed by atoms with Crippen molar-refractivity contribution in [2.75, 3.05) is 19.6 Å². The van der Waals surface area contributed by atoms with Gasteiger partial charge in [0.05, 0.1) is 12.2 Å². The number of carboxylic acid groups (broad SMARTS) is 1. The number of aliphatic carboxylic acids is 1. The zero-order valence-corrected chi connectivity index (χ0v) is 15.8. The predicted octanol–water partition coefficient (Wildman–Crippen LogP) is 2.87. The van der Waals surface area contributed by atoms with E-state index in [1.807, 2.05) is 6.20 Å². The molecule has 1 unspecified atom stereocenters. The van der Waals surface area contributed by atoms with Crippen LogP contribution in [-0.2, 0) is 4.79 Å². The van der Waals surface area contributed by atoms with E-state index >= 15 is 0 Å². The zero-order valence-electron chi connectivity index (χ0n) is 15.8. The molecule has 0 saturated heterocycles. The van der Waals surface area contributed by atoms with Gasteiger partial charge in [0.2, 0.25) is 5.84 Å². The Bertz CT molecular complexity index is 472. The third-order valence-electron chi connectivity index (χ3n) is 4.69. The first-order valence-electron chi connectivity index (χ1n) is 9.81. The molecular weight excluding hydrogens is 314 g/mol. The summed E-state index contributed by atoms with van der Waals surface area (Å²) in [7, 11) is 0. The van der Waals surface area contributed by atoms with Gasteiger partial charge in [-0.15, -0.1) is 0 Å². The van der Waals surface area contributed by atoms with Gasteiger partial charge in [0, 0.05) is 13.0 Å². The number of nitrogens with two attached hydrogens (primary N) is 1. The molecule has 2 N–H and O–H groups in total. The molecule has 1 aliphatic rings. The predicted molar refractivity (Wildman–Crippen MR) is 102 cm³/mol. The summed E-state index contributed by atoms with van der Waals surface area (Å²) >= 11 is 0. The minimum Gasteiger partial charge on any atom is -0.544 e. The van der Waals surface area contributed by atoms with E-state index in [-0.39, 0.29) is 11.0 Å². The van der Waals surface area contributed by atoms with Crippen LogP contribution >= 0.6 is 0 Å². The number of allylic oxidation sites excluding steroid dienone is 2. The fourth-order valence-electron chi connectivity index (χ4n) is 3.26. The van der Waals surface area contributed by atoms with E-state index < -0.39 is 5.97 Å². The summed E-state index contributed by atoms with van der Waals surface area (Å²) in [6.07, 6.45) is 19.9. The number of nitrogens with zero attached hydrogens (tertiary/aromatic N) is 2. The molecule has 0 aliphatic carbocycles. The molecule has 0 aromatic heterocycles. The van der Waals surface area contributed by atoms with Crippen LogP contribution in [-0.4, -0.2) is 35.9 Å². The van der Waals surface area contributed by atoms with Crippen LogP contribution in [0, 0.1) is 0 Å². The number of unbranched alkanes of at least 4 members (excludes halogenated alkanes) is 7. The fourth-order valence-corrected chi connectivity index (χ4v) is 3.26. The summed E-state index contributed by atoms with van der Waals surface area (Å²) in [5.74, 6) is -0.145. The highest BCUT2D eigenvalue weighted by Crippen LogP contribution is 2.20. The number of carbonyl (C=O) groups is 1. The Hall–Kier alpha value is -1.46. The average Bonchev–Trinajstić information content (AvgIpc) is 2.94. The number of aliphatic imine (C=N–C) groups is 1. The molecule has 0 spiro atoms. The maximum absolute atomic E-state index is 11.1. The minimum atomic E-state index is -1.06. The fraction of sp³-hybridized carbons (Fsp3) is 0.700. The van der Waals surface area contributed by atoms with Crippen molar-refractivity contribution >= 4 is 11.8 Å². The van der Waals surface area contributed by atoms with Crippen LogP contribution < -0.4 is 10.8 Å². The number of amidine groups is 1. The van der Waals surface area contributed by atoms with Gasteiger partial charge < -0.3 is 15.6 Å². The van der Waals surface area contributed by atoms with Crippen LogP contribution in [0.25, 0.3) is 0 Å². The molecule has 5 heteroatoms. The van der Waals surface area contributed by atoms with Crippen molar-refractivity contribution in [1.82, 2.24) is 0 Å². The van der Waals surface area contributed by atoms with E-state index in [2.05, 4.69) is 24.1 Å². The zero-order chi connectivity index (χ0) is 18.4. The summed E-state index contributed by atoms with van der Waals surface area (Å²) in [6.45, 7) is 3.14. The smallest absolute Gasteiger partial charge is 0.207 e. The van der Waals surface area contributed by atoms with E-state index in [0.29, 0.717) is 13.1 Å². The van der Waals surface area contributed by atoms with Crippen LogP contribution in [0.3, 0.4) is 0 Å². The normalized spacial score (nSPS) is 19.7. The Balaban J connectivity index is 2.18. The van der Waals surface area contributed by atoms with Crippen LogP contribution in [0.1, 0.15) is 71.1 Å². The first-order chi connectivity index (χ1) is 12.1. The van der Waals surface area contributed by atoms with Crippen molar-refractivity contribution in [3.63, 3.8) is 0 Å². The van der Waals surface area contributed by atoms with E-state index in [1.165, 1.54) is 44.9 Å². The van der Waals surface area contributed by atoms with E-state index in [4.69, 9.17) is 5.73 Å². The van der Waals surface area contributed by atoms with Crippen LogP contribution in [0.4, 0.5) is 0 Å². The summed E-state index contributed by atoms with van der Waals surface area (Å²) in [6, 6.07) is 0. The van der Waals surface area contributed by atoms with Gasteiger partial charge in [-0.3, -0.25) is 0 Å². The lowest BCUT2D eigenvalue weighted by molar-refractivity contribution is -0.780. The molecule has 1 atom stereocenters. The third-order valence-corrected chi connectivity index (χ3v) is 4.69. The molecule has 0 aromatic carbocycles. The Morgan fingerprint density at radius 3 is 2.52 bits per heavy atom. The van der Waals surface area contributed by atoms with Gasteiger partial charge in [0.15, 0.2) is 0 Å². The summed E-state index contributed by atoms with van der Waals surface area (Å²) in [5, 5.41) is 11.1. The average molecular weight is 350 g/mol. The maximum atomic E-state index is 11.1. The lowest BCUT2D eigenvalue weighted by Gasteiger charge is -2.32. The van der Waals surface area contributed by atoms with Gasteiger partial charge in [-0.25, -0.2) is 9.48 Å². The monoisotopic (exact) mass is 349 g/mol. The molecule has 1 rings (SSSR count). The molecule has 0 saturated carbocycles. The number of carboxylic acids is 1. The molecule has 25 heavy (non-hydrogen) atoms. The molecule has 1 heterocycles. The second-order valence-electron chi connectivity index (χ2n) is 6.84. The second-order valence-corrected chi connectivity index (χ2v) is 6.84. The minimum absolute atomic E-state index is 0.0725. The first kappa shape index (κ1) is 21.6. The summed E-state index contributed by atoms with van der Waals surface area (Å²) in [4.78, 5) is 15.5. The molecular formula is C20H35N3O2. The van der Waals surface area contributed by atoms with Gasteiger partial charge in [-0.1, -0.05) is 51.2 Å². The Labute approximate surface area is 152 Å². The number of carbonyl (C=O) groups excluding carboxylic acids is 1. The second kappa shape index (κ2) is 12.8. The third kappa shape index (κ3) is 8.45. The Morgan fingerprint density at radius 1 is 1.16 bits per heavy atom. The number of hydrogen-bond acceptors (Lipinski definition) is 4. The molecule has 1 aliphatic heterocycles. The number of rotatable bonds is 15. The van der Waals surface area contributed by atoms with Gasteiger partial charge in [0.25, 0.3) is 0 Å². The van der Waals surface area contributed by atoms with Gasteiger partial charge in [-0.2, -0.15) is 0 Å². The number of hydrogen-bond donors (Lipinski definition) is 1. The van der Waals surface area contributed by atoms with Crippen molar-refractivity contribution < 1.29 is 14.4 Å². The van der Waals surface area contributed by atoms with Crippen LogP contribution in [0.2, 0.25) is 0 Å².